The van der Waals surface area contributed by atoms with E-state index in [4.69, 9.17) is 25.8 Å². The Labute approximate surface area is 190 Å². The largest absolute Gasteiger partial charge is 0.493 e. The Morgan fingerprint density at radius 2 is 1.72 bits per heavy atom. The van der Waals surface area contributed by atoms with Crippen LogP contribution in [0, 0.1) is 0 Å². The van der Waals surface area contributed by atoms with Crippen molar-refractivity contribution in [2.75, 3.05) is 45.3 Å². The lowest BCUT2D eigenvalue weighted by molar-refractivity contribution is -0.137. The molecule has 0 radical (unpaired) electrons. The zero-order chi connectivity index (χ0) is 23.7. The van der Waals surface area contributed by atoms with Gasteiger partial charge >= 0.3 is 6.18 Å². The van der Waals surface area contributed by atoms with Gasteiger partial charge in [-0.2, -0.15) is 13.2 Å². The molecule has 6 nitrogen and oxygen atoms in total. The summed E-state index contributed by atoms with van der Waals surface area (Å²) in [5.74, 6) is 0.460. The van der Waals surface area contributed by atoms with Crippen molar-refractivity contribution < 1.29 is 32.2 Å². The molecular weight excluding hydrogens is 449 g/mol. The average molecular weight is 475 g/mol. The van der Waals surface area contributed by atoms with Gasteiger partial charge in [0.25, 0.3) is 5.91 Å². The molecule has 0 aliphatic heterocycles. The first kappa shape index (κ1) is 25.6. The predicted octanol–water partition coefficient (Wildman–Crippen LogP) is 5.11. The SMILES string of the molecule is CCN(CC)CCOc1ccc(NC(=O)COc2ccc(C(F)(F)F)cc2Cl)cc1OC. The second kappa shape index (κ2) is 11.8. The van der Waals surface area contributed by atoms with E-state index in [-0.39, 0.29) is 10.8 Å². The maximum atomic E-state index is 12.7. The topological polar surface area (TPSA) is 60.0 Å². The van der Waals surface area contributed by atoms with Crippen molar-refractivity contribution in [1.29, 1.82) is 0 Å². The smallest absolute Gasteiger partial charge is 0.416 e. The van der Waals surface area contributed by atoms with E-state index in [1.807, 2.05) is 0 Å². The third-order valence-electron chi connectivity index (χ3n) is 4.62. The summed E-state index contributed by atoms with van der Waals surface area (Å²) in [6.45, 7) is 6.86. The summed E-state index contributed by atoms with van der Waals surface area (Å²) in [6, 6.07) is 7.60. The van der Waals surface area contributed by atoms with Gasteiger partial charge in [-0.05, 0) is 43.4 Å². The second-order valence-electron chi connectivity index (χ2n) is 6.72. The summed E-state index contributed by atoms with van der Waals surface area (Å²) < 4.78 is 54.4. The molecule has 0 aliphatic rings. The first-order valence-corrected chi connectivity index (χ1v) is 10.4. The molecule has 2 rings (SSSR count). The number of ether oxygens (including phenoxy) is 3. The molecule has 1 N–H and O–H groups in total. The molecular formula is C22H26ClF3N2O4. The predicted molar refractivity (Wildman–Crippen MR) is 117 cm³/mol. The van der Waals surface area contributed by atoms with Gasteiger partial charge in [-0.25, -0.2) is 0 Å². The lowest BCUT2D eigenvalue weighted by Crippen LogP contribution is -2.27. The van der Waals surface area contributed by atoms with E-state index in [1.54, 1.807) is 18.2 Å². The fraction of sp³-hybridized carbons (Fsp3) is 0.409. The molecule has 32 heavy (non-hydrogen) atoms. The van der Waals surface area contributed by atoms with Crippen molar-refractivity contribution in [2.24, 2.45) is 0 Å². The average Bonchev–Trinajstić information content (AvgIpc) is 2.75. The number of carbonyl (C=O) groups is 1. The Morgan fingerprint density at radius 3 is 2.31 bits per heavy atom. The normalized spacial score (nSPS) is 11.4. The molecule has 0 aromatic heterocycles. The van der Waals surface area contributed by atoms with Crippen LogP contribution in [0.3, 0.4) is 0 Å². The van der Waals surface area contributed by atoms with Gasteiger partial charge in [0.15, 0.2) is 18.1 Å². The Kier molecular flexibility index (Phi) is 9.46. The summed E-state index contributed by atoms with van der Waals surface area (Å²) in [7, 11) is 1.49. The maximum Gasteiger partial charge on any atom is 0.416 e. The second-order valence-corrected chi connectivity index (χ2v) is 7.13. The highest BCUT2D eigenvalue weighted by atomic mass is 35.5. The molecule has 0 fully saturated rings. The van der Waals surface area contributed by atoms with Crippen molar-refractivity contribution in [2.45, 2.75) is 20.0 Å². The van der Waals surface area contributed by atoms with Crippen LogP contribution in [0.2, 0.25) is 5.02 Å². The van der Waals surface area contributed by atoms with Gasteiger partial charge in [-0.1, -0.05) is 25.4 Å². The number of amides is 1. The number of likely N-dealkylation sites (N-methyl/N-ethyl adjacent to an activating group) is 1. The highest BCUT2D eigenvalue weighted by molar-refractivity contribution is 6.32. The molecule has 0 atom stereocenters. The fourth-order valence-electron chi connectivity index (χ4n) is 2.82. The van der Waals surface area contributed by atoms with Gasteiger partial charge in [-0.15, -0.1) is 0 Å². The molecule has 0 saturated heterocycles. The highest BCUT2D eigenvalue weighted by Gasteiger charge is 2.31. The van der Waals surface area contributed by atoms with Gasteiger partial charge in [0.2, 0.25) is 0 Å². The third kappa shape index (κ3) is 7.49. The molecule has 0 saturated carbocycles. The lowest BCUT2D eigenvalue weighted by atomic mass is 10.2. The molecule has 2 aromatic rings. The molecule has 0 unspecified atom stereocenters. The van der Waals surface area contributed by atoms with E-state index in [9.17, 15) is 18.0 Å². The summed E-state index contributed by atoms with van der Waals surface area (Å²) in [5, 5.41) is 2.40. The minimum absolute atomic E-state index is 0.0238. The first-order valence-electron chi connectivity index (χ1n) is 10.0. The summed E-state index contributed by atoms with van der Waals surface area (Å²) in [6.07, 6.45) is -4.51. The van der Waals surface area contributed by atoms with Crippen LogP contribution < -0.4 is 19.5 Å². The van der Waals surface area contributed by atoms with Crippen LogP contribution in [-0.4, -0.2) is 50.8 Å². The van der Waals surface area contributed by atoms with Crippen LogP contribution in [-0.2, 0) is 11.0 Å². The summed E-state index contributed by atoms with van der Waals surface area (Å²) in [5.41, 5.74) is -0.448. The van der Waals surface area contributed by atoms with Gasteiger partial charge in [0.1, 0.15) is 12.4 Å². The van der Waals surface area contributed by atoms with Crippen molar-refractivity contribution in [3.63, 3.8) is 0 Å². The molecule has 10 heteroatoms. The van der Waals surface area contributed by atoms with E-state index in [0.717, 1.165) is 37.8 Å². The fourth-order valence-corrected chi connectivity index (χ4v) is 3.06. The number of anilines is 1. The van der Waals surface area contributed by atoms with E-state index in [2.05, 4.69) is 24.1 Å². The molecule has 0 heterocycles. The van der Waals surface area contributed by atoms with Crippen molar-refractivity contribution in [3.8, 4) is 17.2 Å². The molecule has 0 aliphatic carbocycles. The maximum absolute atomic E-state index is 12.7. The molecule has 2 aromatic carbocycles. The van der Waals surface area contributed by atoms with E-state index in [0.29, 0.717) is 23.8 Å². The van der Waals surface area contributed by atoms with Crippen LogP contribution in [0.4, 0.5) is 18.9 Å². The first-order chi connectivity index (χ1) is 15.2. The van der Waals surface area contributed by atoms with Crippen LogP contribution in [0.15, 0.2) is 36.4 Å². The summed E-state index contributed by atoms with van der Waals surface area (Å²) >= 11 is 5.83. The molecule has 0 bridgehead atoms. The zero-order valence-electron chi connectivity index (χ0n) is 18.1. The monoisotopic (exact) mass is 474 g/mol. The quantitative estimate of drug-likeness (QED) is 0.490. The summed E-state index contributed by atoms with van der Waals surface area (Å²) in [4.78, 5) is 14.4. The van der Waals surface area contributed by atoms with Crippen molar-refractivity contribution >= 4 is 23.2 Å². The van der Waals surface area contributed by atoms with Gasteiger partial charge in [0.05, 0.1) is 17.7 Å². The minimum Gasteiger partial charge on any atom is -0.493 e. The number of methoxy groups -OCH3 is 1. The number of alkyl halides is 3. The molecule has 0 spiro atoms. The Balaban J connectivity index is 1.92. The number of halogens is 4. The Bertz CT molecular complexity index is 905. The van der Waals surface area contributed by atoms with Crippen LogP contribution in [0.1, 0.15) is 19.4 Å². The standard InChI is InChI=1S/C22H26ClF3N2O4/c1-4-28(5-2)10-11-31-19-9-7-16(13-20(19)30-3)27-21(29)14-32-18-8-6-15(12-17(18)23)22(24,25)26/h6-9,12-13H,4-5,10-11,14H2,1-3H3,(H,27,29). The molecule has 1 amide bonds. The highest BCUT2D eigenvalue weighted by Crippen LogP contribution is 2.35. The van der Waals surface area contributed by atoms with Crippen LogP contribution >= 0.6 is 11.6 Å². The molecule has 176 valence electrons. The third-order valence-corrected chi connectivity index (χ3v) is 4.92. The number of rotatable bonds is 11. The van der Waals surface area contributed by atoms with Gasteiger partial charge in [-0.3, -0.25) is 4.79 Å². The van der Waals surface area contributed by atoms with E-state index in [1.165, 1.54) is 7.11 Å². The number of nitrogens with one attached hydrogen (secondary N) is 1. The van der Waals surface area contributed by atoms with E-state index < -0.39 is 24.3 Å². The number of nitrogens with zero attached hydrogens (tertiary/aromatic N) is 1. The van der Waals surface area contributed by atoms with Crippen LogP contribution in [0.25, 0.3) is 0 Å². The number of hydrogen-bond donors (Lipinski definition) is 1. The number of hydrogen-bond acceptors (Lipinski definition) is 5. The van der Waals surface area contributed by atoms with Gasteiger partial charge < -0.3 is 24.4 Å². The Morgan fingerprint density at radius 1 is 1.03 bits per heavy atom. The number of benzene rings is 2. The van der Waals surface area contributed by atoms with E-state index >= 15 is 0 Å². The lowest BCUT2D eigenvalue weighted by Gasteiger charge is -2.19. The van der Waals surface area contributed by atoms with Crippen molar-refractivity contribution in [3.05, 3.63) is 47.0 Å². The van der Waals surface area contributed by atoms with Crippen molar-refractivity contribution in [1.82, 2.24) is 4.90 Å². The Hall–Kier alpha value is -2.65. The zero-order valence-corrected chi connectivity index (χ0v) is 18.8. The number of carbonyl (C=O) groups excluding carboxylic acids is 1. The minimum atomic E-state index is -4.51. The van der Waals surface area contributed by atoms with Gasteiger partial charge in [0, 0.05) is 18.3 Å². The van der Waals surface area contributed by atoms with Crippen LogP contribution in [0.5, 0.6) is 17.2 Å².